The van der Waals surface area contributed by atoms with Crippen LogP contribution in [0.25, 0.3) is 16.9 Å². The van der Waals surface area contributed by atoms with Gasteiger partial charge in [0.15, 0.2) is 0 Å². The molecular weight excluding hydrogens is 421 g/mol. The maximum absolute atomic E-state index is 13.8. The van der Waals surface area contributed by atoms with Crippen molar-refractivity contribution in [3.63, 3.8) is 0 Å². The van der Waals surface area contributed by atoms with E-state index in [1.165, 1.54) is 12.1 Å². The van der Waals surface area contributed by atoms with Crippen molar-refractivity contribution in [2.24, 2.45) is 0 Å². The molecule has 7 heteroatoms. The van der Waals surface area contributed by atoms with E-state index in [0.29, 0.717) is 41.4 Å². The minimum Gasteiger partial charge on any atom is -0.336 e. The summed E-state index contributed by atoms with van der Waals surface area (Å²) in [5.74, 6) is -2.12. The summed E-state index contributed by atoms with van der Waals surface area (Å²) in [5, 5.41) is 4.80. The van der Waals surface area contributed by atoms with Crippen molar-refractivity contribution >= 4 is 17.3 Å². The van der Waals surface area contributed by atoms with Gasteiger partial charge in [0.05, 0.1) is 36.5 Å². The summed E-state index contributed by atoms with van der Waals surface area (Å²) in [6.45, 7) is 2.69. The first-order valence-corrected chi connectivity index (χ1v) is 10.7. The van der Waals surface area contributed by atoms with Gasteiger partial charge >= 0.3 is 0 Å². The zero-order valence-electron chi connectivity index (χ0n) is 17.9. The Labute approximate surface area is 189 Å². The molecule has 0 N–H and O–H groups in total. The van der Waals surface area contributed by atoms with E-state index in [2.05, 4.69) is 0 Å². The van der Waals surface area contributed by atoms with E-state index >= 15 is 0 Å². The molecule has 164 valence electrons. The lowest BCUT2D eigenvalue weighted by atomic mass is 10.1. The number of ether oxygens (including phenoxy) is 2. The standard InChI is InChI=1S/C26H20FN3O3/c1-17-6-12-20(13-7-17)29-16-23(24(28-29)18-8-10-19(27)11-9-18)30-22-5-3-2-4-21(22)26(25(30)31)32-14-15-33-26/h2-13,16H,14-15H2,1H3. The number of benzene rings is 3. The maximum atomic E-state index is 13.8. The first-order valence-electron chi connectivity index (χ1n) is 10.7. The SMILES string of the molecule is Cc1ccc(-n2cc(N3C(=O)C4(OCCO4)c4ccccc43)c(-c3ccc(F)cc3)n2)cc1. The zero-order valence-corrected chi connectivity index (χ0v) is 17.9. The van der Waals surface area contributed by atoms with Gasteiger partial charge in [0.2, 0.25) is 0 Å². The van der Waals surface area contributed by atoms with E-state index in [9.17, 15) is 9.18 Å². The topological polar surface area (TPSA) is 56.6 Å². The van der Waals surface area contributed by atoms with E-state index in [1.54, 1.807) is 21.7 Å². The number of aryl methyl sites for hydroxylation is 1. The fraction of sp³-hybridized carbons (Fsp3) is 0.154. The molecule has 1 amide bonds. The van der Waals surface area contributed by atoms with Crippen LogP contribution >= 0.6 is 0 Å². The van der Waals surface area contributed by atoms with Crippen molar-refractivity contribution in [2.45, 2.75) is 12.7 Å². The minimum atomic E-state index is -1.46. The van der Waals surface area contributed by atoms with E-state index in [-0.39, 0.29) is 11.7 Å². The van der Waals surface area contributed by atoms with Crippen molar-refractivity contribution < 1.29 is 18.7 Å². The Morgan fingerprint density at radius 2 is 1.61 bits per heavy atom. The molecule has 0 unspecified atom stereocenters. The van der Waals surface area contributed by atoms with Crippen LogP contribution in [0.4, 0.5) is 15.8 Å². The number of aromatic nitrogens is 2. The van der Waals surface area contributed by atoms with Crippen molar-refractivity contribution in [2.75, 3.05) is 18.1 Å². The molecule has 3 heterocycles. The van der Waals surface area contributed by atoms with Gasteiger partial charge in [-0.05, 0) is 49.4 Å². The summed E-state index contributed by atoms with van der Waals surface area (Å²) in [6.07, 6.45) is 1.81. The largest absolute Gasteiger partial charge is 0.336 e. The molecule has 3 aromatic carbocycles. The number of hydrogen-bond donors (Lipinski definition) is 0. The zero-order chi connectivity index (χ0) is 22.6. The number of halogens is 1. The third-order valence-corrected chi connectivity index (χ3v) is 6.03. The molecular formula is C26H20FN3O3. The number of carbonyl (C=O) groups excluding carboxylic acids is 1. The second kappa shape index (κ2) is 7.37. The van der Waals surface area contributed by atoms with Gasteiger partial charge in [-0.3, -0.25) is 9.69 Å². The Kier molecular flexibility index (Phi) is 4.43. The molecule has 6 nitrogen and oxygen atoms in total. The molecule has 0 saturated carbocycles. The number of rotatable bonds is 3. The Hall–Kier alpha value is -3.81. The van der Waals surface area contributed by atoms with Gasteiger partial charge in [0, 0.05) is 11.1 Å². The fourth-order valence-corrected chi connectivity index (χ4v) is 4.42. The normalized spacial score (nSPS) is 16.5. The van der Waals surface area contributed by atoms with Gasteiger partial charge in [-0.2, -0.15) is 5.10 Å². The molecule has 1 saturated heterocycles. The monoisotopic (exact) mass is 441 g/mol. The van der Waals surface area contributed by atoms with Gasteiger partial charge in [-0.15, -0.1) is 0 Å². The first kappa shape index (κ1) is 19.8. The van der Waals surface area contributed by atoms with Gasteiger partial charge in [0.1, 0.15) is 11.5 Å². The highest BCUT2D eigenvalue weighted by Gasteiger charge is 2.57. The highest BCUT2D eigenvalue weighted by atomic mass is 19.1. The van der Waals surface area contributed by atoms with Gasteiger partial charge in [-0.1, -0.05) is 35.9 Å². The number of nitrogens with zero attached hydrogens (tertiary/aromatic N) is 3. The van der Waals surface area contributed by atoms with Gasteiger partial charge < -0.3 is 9.47 Å². The van der Waals surface area contributed by atoms with Crippen LogP contribution in [0.2, 0.25) is 0 Å². The van der Waals surface area contributed by atoms with Crippen molar-refractivity contribution in [3.8, 4) is 16.9 Å². The lowest BCUT2D eigenvalue weighted by Crippen LogP contribution is -2.39. The number of amides is 1. The number of para-hydroxylation sites is 1. The van der Waals surface area contributed by atoms with Crippen molar-refractivity contribution in [1.82, 2.24) is 9.78 Å². The first-order chi connectivity index (χ1) is 16.1. The average molecular weight is 441 g/mol. The van der Waals surface area contributed by atoms with E-state index in [4.69, 9.17) is 14.6 Å². The summed E-state index contributed by atoms with van der Waals surface area (Å²) in [5.41, 5.74) is 5.13. The molecule has 6 rings (SSSR count). The fourth-order valence-electron chi connectivity index (χ4n) is 4.42. The third kappa shape index (κ3) is 3.01. The molecule has 1 spiro atoms. The third-order valence-electron chi connectivity index (χ3n) is 6.03. The lowest BCUT2D eigenvalue weighted by Gasteiger charge is -2.22. The van der Waals surface area contributed by atoms with Crippen LogP contribution in [0.3, 0.4) is 0 Å². The smallest absolute Gasteiger partial charge is 0.297 e. The molecule has 1 aromatic heterocycles. The van der Waals surface area contributed by atoms with Crippen LogP contribution in [0, 0.1) is 12.7 Å². The van der Waals surface area contributed by atoms with E-state index in [1.807, 2.05) is 61.7 Å². The second-order valence-electron chi connectivity index (χ2n) is 8.12. The molecule has 0 atom stereocenters. The minimum absolute atomic E-state index is 0.326. The van der Waals surface area contributed by atoms with Crippen LogP contribution in [0.15, 0.2) is 79.0 Å². The highest BCUT2D eigenvalue weighted by Crippen LogP contribution is 2.50. The summed E-state index contributed by atoms with van der Waals surface area (Å²) in [6, 6.07) is 21.5. The predicted octanol–water partition coefficient (Wildman–Crippen LogP) is 4.86. The average Bonchev–Trinajstić information content (AvgIpc) is 3.54. The highest BCUT2D eigenvalue weighted by molar-refractivity contribution is 6.13. The van der Waals surface area contributed by atoms with Crippen LogP contribution in [-0.4, -0.2) is 28.9 Å². The number of carbonyl (C=O) groups is 1. The van der Waals surface area contributed by atoms with Crippen molar-refractivity contribution in [3.05, 3.63) is 95.9 Å². The second-order valence-corrected chi connectivity index (χ2v) is 8.12. The Balaban J connectivity index is 1.56. The summed E-state index contributed by atoms with van der Waals surface area (Å²) in [7, 11) is 0. The molecule has 0 bridgehead atoms. The van der Waals surface area contributed by atoms with Crippen LogP contribution in [-0.2, 0) is 20.1 Å². The summed E-state index contributed by atoms with van der Waals surface area (Å²) >= 11 is 0. The Bertz CT molecular complexity index is 1360. The molecule has 2 aliphatic heterocycles. The van der Waals surface area contributed by atoms with Crippen LogP contribution < -0.4 is 4.90 Å². The molecule has 1 fully saturated rings. The Morgan fingerprint density at radius 1 is 0.909 bits per heavy atom. The molecule has 0 radical (unpaired) electrons. The predicted molar refractivity (Wildman–Crippen MR) is 121 cm³/mol. The van der Waals surface area contributed by atoms with Crippen LogP contribution in [0.5, 0.6) is 0 Å². The Morgan fingerprint density at radius 3 is 2.33 bits per heavy atom. The quantitative estimate of drug-likeness (QED) is 0.455. The van der Waals surface area contributed by atoms with Crippen molar-refractivity contribution in [1.29, 1.82) is 0 Å². The lowest BCUT2D eigenvalue weighted by molar-refractivity contribution is -0.180. The number of hydrogen-bond acceptors (Lipinski definition) is 4. The molecule has 0 aliphatic carbocycles. The van der Waals surface area contributed by atoms with Crippen LogP contribution in [0.1, 0.15) is 11.1 Å². The number of fused-ring (bicyclic) bond motifs is 2. The van der Waals surface area contributed by atoms with Gasteiger partial charge in [-0.25, -0.2) is 9.07 Å². The summed E-state index contributed by atoms with van der Waals surface area (Å²) in [4.78, 5) is 15.4. The van der Waals surface area contributed by atoms with E-state index < -0.39 is 5.79 Å². The molecule has 33 heavy (non-hydrogen) atoms. The van der Waals surface area contributed by atoms with Gasteiger partial charge in [0.25, 0.3) is 11.7 Å². The maximum Gasteiger partial charge on any atom is 0.297 e. The molecule has 4 aromatic rings. The molecule has 2 aliphatic rings. The number of anilines is 2. The summed E-state index contributed by atoms with van der Waals surface area (Å²) < 4.78 is 27.1. The van der Waals surface area contributed by atoms with E-state index in [0.717, 1.165) is 11.3 Å².